The minimum Gasteiger partial charge on any atom is -0.487 e. The summed E-state index contributed by atoms with van der Waals surface area (Å²) in [7, 11) is -3.25. The molecular formula is C19H28N2O4S. The van der Waals surface area contributed by atoms with Crippen LogP contribution in [0.5, 0.6) is 5.75 Å². The first-order valence-electron chi connectivity index (χ1n) is 9.28. The van der Waals surface area contributed by atoms with Crippen LogP contribution in [0.25, 0.3) is 0 Å². The first-order valence-corrected chi connectivity index (χ1v) is 10.9. The number of hydrogen-bond donors (Lipinski definition) is 1. The predicted molar refractivity (Wildman–Crippen MR) is 100 cm³/mol. The number of fused-ring (bicyclic) bond motifs is 1. The van der Waals surface area contributed by atoms with Gasteiger partial charge in [0.05, 0.1) is 17.7 Å². The molecule has 0 aromatic heterocycles. The van der Waals surface area contributed by atoms with E-state index < -0.39 is 10.0 Å². The molecule has 1 fully saturated rings. The fourth-order valence-corrected chi connectivity index (χ4v) is 4.99. The van der Waals surface area contributed by atoms with Gasteiger partial charge in [-0.1, -0.05) is 18.2 Å². The second-order valence-electron chi connectivity index (χ2n) is 7.76. The summed E-state index contributed by atoms with van der Waals surface area (Å²) < 4.78 is 31.8. The molecule has 7 heteroatoms. The molecule has 2 atom stereocenters. The van der Waals surface area contributed by atoms with Gasteiger partial charge >= 0.3 is 0 Å². The van der Waals surface area contributed by atoms with Gasteiger partial charge in [0, 0.05) is 25.1 Å². The quantitative estimate of drug-likeness (QED) is 0.871. The van der Waals surface area contributed by atoms with Crippen LogP contribution in [0.4, 0.5) is 0 Å². The molecule has 0 spiro atoms. The molecule has 3 rings (SSSR count). The van der Waals surface area contributed by atoms with Crippen molar-refractivity contribution in [2.75, 3.05) is 18.8 Å². The molecule has 2 heterocycles. The molecule has 0 radical (unpaired) electrons. The van der Waals surface area contributed by atoms with E-state index in [4.69, 9.17) is 4.74 Å². The SMILES string of the molecule is CCS(=O)(=O)N1CCC[C@@H](C(=O)N[C@@H]2CC(C)(C)Oc3ccccc32)C1. The minimum absolute atomic E-state index is 0.0708. The standard InChI is InChI=1S/C19H28N2O4S/c1-4-26(23,24)21-11-7-8-14(13-21)18(22)20-16-12-19(2,3)25-17-10-6-5-9-15(16)17/h5-6,9-10,14,16H,4,7-8,11-13H2,1-3H3,(H,20,22)/t14-,16-/m1/s1. The highest BCUT2D eigenvalue weighted by Gasteiger charge is 2.37. The van der Waals surface area contributed by atoms with Crippen LogP contribution in [0.3, 0.4) is 0 Å². The second-order valence-corrected chi connectivity index (χ2v) is 10.0. The summed E-state index contributed by atoms with van der Waals surface area (Å²) in [6.07, 6.45) is 2.11. The summed E-state index contributed by atoms with van der Waals surface area (Å²) in [4.78, 5) is 12.9. The van der Waals surface area contributed by atoms with Crippen LogP contribution >= 0.6 is 0 Å². The van der Waals surface area contributed by atoms with Crippen LogP contribution in [0, 0.1) is 5.92 Å². The molecule has 1 saturated heterocycles. The minimum atomic E-state index is -3.25. The Hall–Kier alpha value is -1.60. The Balaban J connectivity index is 1.73. The molecular weight excluding hydrogens is 352 g/mol. The Labute approximate surface area is 156 Å². The monoisotopic (exact) mass is 380 g/mol. The van der Waals surface area contributed by atoms with Crippen LogP contribution in [-0.2, 0) is 14.8 Å². The zero-order chi connectivity index (χ0) is 18.9. The van der Waals surface area contributed by atoms with Crippen molar-refractivity contribution in [3.63, 3.8) is 0 Å². The van der Waals surface area contributed by atoms with Crippen LogP contribution in [0.15, 0.2) is 24.3 Å². The van der Waals surface area contributed by atoms with Gasteiger partial charge in [-0.3, -0.25) is 4.79 Å². The number of nitrogens with one attached hydrogen (secondary N) is 1. The first-order chi connectivity index (χ1) is 12.2. The Morgan fingerprint density at radius 2 is 2.08 bits per heavy atom. The van der Waals surface area contributed by atoms with Crippen molar-refractivity contribution in [1.29, 1.82) is 0 Å². The smallest absolute Gasteiger partial charge is 0.224 e. The third-order valence-corrected chi connectivity index (χ3v) is 7.05. The van der Waals surface area contributed by atoms with E-state index in [1.54, 1.807) is 6.92 Å². The van der Waals surface area contributed by atoms with Gasteiger partial charge in [0.1, 0.15) is 11.4 Å². The van der Waals surface area contributed by atoms with Gasteiger partial charge in [-0.15, -0.1) is 0 Å². The Bertz CT molecular complexity index is 775. The van der Waals surface area contributed by atoms with Gasteiger partial charge in [-0.25, -0.2) is 12.7 Å². The maximum atomic E-state index is 12.9. The molecule has 1 aromatic rings. The topological polar surface area (TPSA) is 75.7 Å². The first kappa shape index (κ1) is 19.2. The number of ether oxygens (including phenoxy) is 1. The van der Waals surface area contributed by atoms with E-state index in [0.29, 0.717) is 19.4 Å². The molecule has 144 valence electrons. The third-order valence-electron chi connectivity index (χ3n) is 5.21. The highest BCUT2D eigenvalue weighted by molar-refractivity contribution is 7.89. The van der Waals surface area contributed by atoms with Crippen molar-refractivity contribution < 1.29 is 17.9 Å². The highest BCUT2D eigenvalue weighted by Crippen LogP contribution is 2.39. The lowest BCUT2D eigenvalue weighted by atomic mass is 9.89. The number of amides is 1. The molecule has 2 aliphatic rings. The Morgan fingerprint density at radius 1 is 1.35 bits per heavy atom. The predicted octanol–water partition coefficient (Wildman–Crippen LogP) is 2.47. The van der Waals surface area contributed by atoms with Gasteiger partial charge in [-0.05, 0) is 39.7 Å². The zero-order valence-electron chi connectivity index (χ0n) is 15.7. The molecule has 1 amide bonds. The van der Waals surface area contributed by atoms with Crippen LogP contribution < -0.4 is 10.1 Å². The number of hydrogen-bond acceptors (Lipinski definition) is 4. The second kappa shape index (κ2) is 7.19. The van der Waals surface area contributed by atoms with E-state index in [0.717, 1.165) is 17.7 Å². The van der Waals surface area contributed by atoms with Crippen molar-refractivity contribution in [3.8, 4) is 5.75 Å². The summed E-state index contributed by atoms with van der Waals surface area (Å²) in [5.41, 5.74) is 0.616. The van der Waals surface area contributed by atoms with Gasteiger partial charge in [0.2, 0.25) is 15.9 Å². The Kier molecular flexibility index (Phi) is 5.30. The Morgan fingerprint density at radius 3 is 2.81 bits per heavy atom. The molecule has 1 aromatic carbocycles. The number of carbonyl (C=O) groups excluding carboxylic acids is 1. The normalized spacial score (nSPS) is 25.8. The zero-order valence-corrected chi connectivity index (χ0v) is 16.5. The van der Waals surface area contributed by atoms with Crippen molar-refractivity contribution in [3.05, 3.63) is 29.8 Å². The number of piperidine rings is 1. The third kappa shape index (κ3) is 4.04. The summed E-state index contributed by atoms with van der Waals surface area (Å²) >= 11 is 0. The number of rotatable bonds is 4. The van der Waals surface area contributed by atoms with E-state index in [1.807, 2.05) is 38.1 Å². The lowest BCUT2D eigenvalue weighted by Gasteiger charge is -2.39. The average molecular weight is 381 g/mol. The number of sulfonamides is 1. The van der Waals surface area contributed by atoms with Crippen molar-refractivity contribution in [1.82, 2.24) is 9.62 Å². The van der Waals surface area contributed by atoms with E-state index in [1.165, 1.54) is 4.31 Å². The van der Waals surface area contributed by atoms with E-state index in [2.05, 4.69) is 5.32 Å². The maximum absolute atomic E-state index is 12.9. The fraction of sp³-hybridized carbons (Fsp3) is 0.632. The number of carbonyl (C=O) groups is 1. The summed E-state index contributed by atoms with van der Waals surface area (Å²) in [6.45, 7) is 6.44. The molecule has 0 saturated carbocycles. The highest BCUT2D eigenvalue weighted by atomic mass is 32.2. The molecule has 2 aliphatic heterocycles. The summed E-state index contributed by atoms with van der Waals surface area (Å²) in [5.74, 6) is 0.498. The fourth-order valence-electron chi connectivity index (χ4n) is 3.81. The number of para-hydroxylation sites is 1. The molecule has 6 nitrogen and oxygen atoms in total. The molecule has 0 unspecified atom stereocenters. The van der Waals surface area contributed by atoms with Gasteiger partial charge in [0.15, 0.2) is 0 Å². The summed E-state index contributed by atoms with van der Waals surface area (Å²) in [5, 5.41) is 3.15. The molecule has 0 bridgehead atoms. The molecule has 1 N–H and O–H groups in total. The van der Waals surface area contributed by atoms with E-state index in [9.17, 15) is 13.2 Å². The van der Waals surface area contributed by atoms with Gasteiger partial charge in [0.25, 0.3) is 0 Å². The molecule has 26 heavy (non-hydrogen) atoms. The number of nitrogens with zero attached hydrogens (tertiary/aromatic N) is 1. The van der Waals surface area contributed by atoms with Crippen molar-refractivity contribution in [2.24, 2.45) is 5.92 Å². The van der Waals surface area contributed by atoms with Crippen LogP contribution in [0.2, 0.25) is 0 Å². The van der Waals surface area contributed by atoms with Crippen LogP contribution in [0.1, 0.15) is 51.6 Å². The van der Waals surface area contributed by atoms with Crippen LogP contribution in [-0.4, -0.2) is 43.1 Å². The van der Waals surface area contributed by atoms with Crippen molar-refractivity contribution >= 4 is 15.9 Å². The molecule has 0 aliphatic carbocycles. The van der Waals surface area contributed by atoms with Gasteiger partial charge < -0.3 is 10.1 Å². The van der Waals surface area contributed by atoms with E-state index >= 15 is 0 Å². The maximum Gasteiger partial charge on any atom is 0.224 e. The largest absolute Gasteiger partial charge is 0.487 e. The summed E-state index contributed by atoms with van der Waals surface area (Å²) in [6, 6.07) is 7.64. The lowest BCUT2D eigenvalue weighted by Crippen LogP contribution is -2.48. The number of benzene rings is 1. The van der Waals surface area contributed by atoms with Gasteiger partial charge in [-0.2, -0.15) is 0 Å². The average Bonchev–Trinajstić information content (AvgIpc) is 2.61. The van der Waals surface area contributed by atoms with Crippen molar-refractivity contribution in [2.45, 2.75) is 51.7 Å². The van der Waals surface area contributed by atoms with E-state index in [-0.39, 0.29) is 35.8 Å². The lowest BCUT2D eigenvalue weighted by molar-refractivity contribution is -0.127.